The summed E-state index contributed by atoms with van der Waals surface area (Å²) >= 11 is 0. The molecular weight excluding hydrogens is 310 g/mol. The molecule has 0 fully saturated rings. The van der Waals surface area contributed by atoms with Crippen molar-refractivity contribution < 1.29 is 19.1 Å². The van der Waals surface area contributed by atoms with Crippen molar-refractivity contribution in [1.82, 2.24) is 5.32 Å². The van der Waals surface area contributed by atoms with Crippen molar-refractivity contribution in [2.75, 3.05) is 5.32 Å². The number of rotatable bonds is 5. The Morgan fingerprint density at radius 3 is 2.29 bits per heavy atom. The van der Waals surface area contributed by atoms with Gasteiger partial charge in [0.1, 0.15) is 5.75 Å². The lowest BCUT2D eigenvalue weighted by molar-refractivity contribution is -0.126. The third-order valence-corrected chi connectivity index (χ3v) is 3.08. The molecule has 1 atom stereocenters. The highest BCUT2D eigenvalue weighted by atomic mass is 16.5. The predicted octanol–water partition coefficient (Wildman–Crippen LogP) is 1.90. The van der Waals surface area contributed by atoms with E-state index >= 15 is 0 Å². The summed E-state index contributed by atoms with van der Waals surface area (Å²) in [6.45, 7) is 1.45. The molecule has 24 heavy (non-hydrogen) atoms. The quantitative estimate of drug-likeness (QED) is 0.779. The fourth-order valence-electron chi connectivity index (χ4n) is 1.94. The molecule has 2 rings (SSSR count). The Kier molecular flexibility index (Phi) is 5.51. The summed E-state index contributed by atoms with van der Waals surface area (Å²) in [5.41, 5.74) is 5.80. The van der Waals surface area contributed by atoms with Crippen molar-refractivity contribution in [3.8, 4) is 5.75 Å². The van der Waals surface area contributed by atoms with Gasteiger partial charge in [-0.2, -0.15) is 0 Å². The zero-order valence-electron chi connectivity index (χ0n) is 13.0. The fraction of sp³-hybridized carbons (Fsp3) is 0.118. The number of hydrogen-bond donors (Lipinski definition) is 3. The van der Waals surface area contributed by atoms with Crippen LogP contribution in [0.2, 0.25) is 0 Å². The maximum Gasteiger partial charge on any atom is 0.318 e. The lowest BCUT2D eigenvalue weighted by Crippen LogP contribution is -2.42. The Morgan fingerprint density at radius 1 is 1.00 bits per heavy atom. The van der Waals surface area contributed by atoms with Crippen LogP contribution < -0.4 is 21.1 Å². The zero-order chi connectivity index (χ0) is 17.5. The molecule has 7 heteroatoms. The average molecular weight is 327 g/mol. The van der Waals surface area contributed by atoms with E-state index in [9.17, 15) is 14.4 Å². The summed E-state index contributed by atoms with van der Waals surface area (Å²) in [6, 6.07) is 14.5. The van der Waals surface area contributed by atoms with Gasteiger partial charge in [-0.05, 0) is 31.2 Å². The minimum absolute atomic E-state index is 0.220. The number of nitrogens with two attached hydrogens (primary N) is 1. The second-order valence-corrected chi connectivity index (χ2v) is 4.93. The van der Waals surface area contributed by atoms with Crippen molar-refractivity contribution in [1.29, 1.82) is 0 Å². The maximum absolute atomic E-state index is 12.4. The van der Waals surface area contributed by atoms with Crippen LogP contribution in [0.5, 0.6) is 5.75 Å². The van der Waals surface area contributed by atoms with Crippen LogP contribution in [0.1, 0.15) is 17.3 Å². The van der Waals surface area contributed by atoms with Gasteiger partial charge in [-0.1, -0.05) is 30.3 Å². The van der Waals surface area contributed by atoms with Crippen LogP contribution in [0.3, 0.4) is 0 Å². The van der Waals surface area contributed by atoms with E-state index in [1.165, 1.54) is 6.92 Å². The molecular formula is C17H17N3O4. The summed E-state index contributed by atoms with van der Waals surface area (Å²) in [6.07, 6.45) is -0.997. The molecule has 4 N–H and O–H groups in total. The largest absolute Gasteiger partial charge is 0.480 e. The number of carbonyl (C=O) groups excluding carboxylic acids is 3. The summed E-state index contributed by atoms with van der Waals surface area (Å²) in [5.74, 6) is -0.849. The molecule has 0 saturated carbocycles. The van der Waals surface area contributed by atoms with Gasteiger partial charge in [0.05, 0.1) is 5.56 Å². The monoisotopic (exact) mass is 327 g/mol. The number of carbonyl (C=O) groups is 3. The number of hydrogen-bond acceptors (Lipinski definition) is 4. The number of para-hydroxylation sites is 2. The van der Waals surface area contributed by atoms with Crippen LogP contribution in [-0.2, 0) is 4.79 Å². The van der Waals surface area contributed by atoms with Crippen molar-refractivity contribution in [3.63, 3.8) is 0 Å². The van der Waals surface area contributed by atoms with Gasteiger partial charge in [0.2, 0.25) is 0 Å². The van der Waals surface area contributed by atoms with Gasteiger partial charge < -0.3 is 15.8 Å². The molecule has 0 unspecified atom stereocenters. The third-order valence-electron chi connectivity index (χ3n) is 3.08. The molecule has 0 aromatic heterocycles. The molecule has 2 aromatic rings. The number of imide groups is 1. The number of nitrogens with one attached hydrogen (secondary N) is 2. The molecule has 0 heterocycles. The van der Waals surface area contributed by atoms with Crippen LogP contribution in [0.25, 0.3) is 0 Å². The van der Waals surface area contributed by atoms with E-state index in [2.05, 4.69) is 5.32 Å². The van der Waals surface area contributed by atoms with Gasteiger partial charge in [0, 0.05) is 5.69 Å². The number of ether oxygens (including phenoxy) is 1. The Morgan fingerprint density at radius 2 is 1.62 bits per heavy atom. The molecule has 2 aromatic carbocycles. The molecule has 4 amide bonds. The molecule has 0 bridgehead atoms. The molecule has 0 aliphatic rings. The number of benzene rings is 2. The first-order valence-electron chi connectivity index (χ1n) is 7.19. The number of urea groups is 1. The second-order valence-electron chi connectivity index (χ2n) is 4.93. The van der Waals surface area contributed by atoms with Crippen molar-refractivity contribution in [3.05, 3.63) is 60.2 Å². The molecule has 124 valence electrons. The molecule has 0 radical (unpaired) electrons. The number of anilines is 1. The van der Waals surface area contributed by atoms with Crippen molar-refractivity contribution in [2.45, 2.75) is 13.0 Å². The Labute approximate surface area is 138 Å². The van der Waals surface area contributed by atoms with Crippen LogP contribution in [0, 0.1) is 0 Å². The minimum Gasteiger partial charge on any atom is -0.480 e. The van der Waals surface area contributed by atoms with Crippen LogP contribution in [0.4, 0.5) is 10.5 Å². The molecule has 0 saturated heterocycles. The molecule has 0 aliphatic carbocycles. The highest BCUT2D eigenvalue weighted by molar-refractivity contribution is 6.06. The summed E-state index contributed by atoms with van der Waals surface area (Å²) < 4.78 is 5.49. The standard InChI is InChI=1S/C17H17N3O4/c1-11(15(21)20-17(18)23)24-14-10-6-5-9-13(14)16(22)19-12-7-3-2-4-8-12/h2-11H,1H3,(H,19,22)(H3,18,20,21,23)/t11-/m0/s1. The smallest absolute Gasteiger partial charge is 0.318 e. The highest BCUT2D eigenvalue weighted by Crippen LogP contribution is 2.21. The molecule has 0 spiro atoms. The number of primary amides is 1. The van der Waals surface area contributed by atoms with Gasteiger partial charge in [-0.25, -0.2) is 4.79 Å². The predicted molar refractivity (Wildman–Crippen MR) is 88.7 cm³/mol. The first-order chi connectivity index (χ1) is 11.5. The lowest BCUT2D eigenvalue weighted by atomic mass is 10.1. The maximum atomic E-state index is 12.4. The number of amides is 4. The van der Waals surface area contributed by atoms with E-state index in [1.54, 1.807) is 48.5 Å². The third kappa shape index (κ3) is 4.57. The first-order valence-corrected chi connectivity index (χ1v) is 7.19. The van der Waals surface area contributed by atoms with Gasteiger partial charge in [0.25, 0.3) is 11.8 Å². The van der Waals surface area contributed by atoms with Gasteiger partial charge in [-0.3, -0.25) is 14.9 Å². The van der Waals surface area contributed by atoms with E-state index in [0.717, 1.165) is 0 Å². The lowest BCUT2D eigenvalue weighted by Gasteiger charge is -2.16. The Balaban J connectivity index is 2.13. The second kappa shape index (κ2) is 7.77. The normalized spacial score (nSPS) is 11.2. The SMILES string of the molecule is C[C@H](Oc1ccccc1C(=O)Nc1ccccc1)C(=O)NC(N)=O. The van der Waals surface area contributed by atoms with Gasteiger partial charge in [-0.15, -0.1) is 0 Å². The van der Waals surface area contributed by atoms with Crippen LogP contribution in [-0.4, -0.2) is 23.9 Å². The van der Waals surface area contributed by atoms with Crippen LogP contribution >= 0.6 is 0 Å². The van der Waals surface area contributed by atoms with E-state index < -0.39 is 18.0 Å². The van der Waals surface area contributed by atoms with Crippen molar-refractivity contribution in [2.24, 2.45) is 5.73 Å². The zero-order valence-corrected chi connectivity index (χ0v) is 13.0. The molecule has 7 nitrogen and oxygen atoms in total. The van der Waals surface area contributed by atoms with E-state index in [1.807, 2.05) is 11.4 Å². The topological polar surface area (TPSA) is 111 Å². The fourth-order valence-corrected chi connectivity index (χ4v) is 1.94. The van der Waals surface area contributed by atoms with Gasteiger partial charge >= 0.3 is 6.03 Å². The molecule has 0 aliphatic heterocycles. The minimum atomic E-state index is -0.997. The summed E-state index contributed by atoms with van der Waals surface area (Å²) in [5, 5.41) is 4.67. The average Bonchev–Trinajstić information content (AvgIpc) is 2.55. The van der Waals surface area contributed by atoms with E-state index in [-0.39, 0.29) is 17.2 Å². The highest BCUT2D eigenvalue weighted by Gasteiger charge is 2.19. The van der Waals surface area contributed by atoms with Crippen LogP contribution in [0.15, 0.2) is 54.6 Å². The van der Waals surface area contributed by atoms with Gasteiger partial charge in [0.15, 0.2) is 6.10 Å². The van der Waals surface area contributed by atoms with Crippen molar-refractivity contribution >= 4 is 23.5 Å². The van der Waals surface area contributed by atoms with E-state index in [4.69, 9.17) is 10.5 Å². The first kappa shape index (κ1) is 17.0. The summed E-state index contributed by atoms with van der Waals surface area (Å²) in [7, 11) is 0. The summed E-state index contributed by atoms with van der Waals surface area (Å²) in [4.78, 5) is 34.8. The Bertz CT molecular complexity index is 747. The van der Waals surface area contributed by atoms with E-state index in [0.29, 0.717) is 5.69 Å². The Hall–Kier alpha value is -3.35.